The lowest BCUT2D eigenvalue weighted by atomic mass is 10.00. The third-order valence-corrected chi connectivity index (χ3v) is 4.88. The van der Waals surface area contributed by atoms with Crippen LogP contribution in [0.2, 0.25) is 0 Å². The number of fused-ring (bicyclic) bond motifs is 1. The summed E-state index contributed by atoms with van der Waals surface area (Å²) in [6.07, 6.45) is -3.68. The van der Waals surface area contributed by atoms with Gasteiger partial charge >= 0.3 is 12.1 Å². The molecule has 0 spiro atoms. The maximum absolute atomic E-state index is 14.4. The van der Waals surface area contributed by atoms with Gasteiger partial charge in [-0.2, -0.15) is 13.2 Å². The zero-order valence-corrected chi connectivity index (χ0v) is 17.6. The second kappa shape index (κ2) is 9.61. The fourth-order valence-electron chi connectivity index (χ4n) is 3.40. The number of alkyl halides is 3. The number of aryl methyl sites for hydroxylation is 1. The zero-order valence-electron chi connectivity index (χ0n) is 17.6. The minimum absolute atomic E-state index is 0.105. The molecule has 4 aromatic rings. The van der Waals surface area contributed by atoms with Gasteiger partial charge < -0.3 is 9.51 Å². The third kappa shape index (κ3) is 5.18. The van der Waals surface area contributed by atoms with E-state index in [1.165, 1.54) is 28.8 Å². The van der Waals surface area contributed by atoms with Crippen LogP contribution in [0.1, 0.15) is 5.56 Å². The summed E-state index contributed by atoms with van der Waals surface area (Å²) in [6, 6.07) is 10.8. The molecule has 4 rings (SSSR count). The molecule has 11 heteroatoms. The van der Waals surface area contributed by atoms with E-state index < -0.39 is 46.4 Å². The summed E-state index contributed by atoms with van der Waals surface area (Å²) in [5.74, 6) is -6.01. The Morgan fingerprint density at radius 2 is 1.46 bits per heavy atom. The molecule has 0 unspecified atom stereocenters. The summed E-state index contributed by atoms with van der Waals surface area (Å²) in [5.41, 5.74) is 0.128. The van der Waals surface area contributed by atoms with Crippen molar-refractivity contribution in [2.24, 2.45) is 0 Å². The minimum atomic E-state index is -5.08. The number of halogens is 7. The van der Waals surface area contributed by atoms with E-state index in [0.29, 0.717) is 11.3 Å². The van der Waals surface area contributed by atoms with Crippen LogP contribution in [0.5, 0.6) is 0 Å². The van der Waals surface area contributed by atoms with Crippen molar-refractivity contribution in [3.05, 3.63) is 99.8 Å². The molecule has 0 aliphatic carbocycles. The van der Waals surface area contributed by atoms with Crippen molar-refractivity contribution < 1.29 is 40.6 Å². The number of hydrogen-bond acceptors (Lipinski definition) is 2. The number of aromatic nitrogens is 1. The summed E-state index contributed by atoms with van der Waals surface area (Å²) in [7, 11) is 0. The molecule has 1 N–H and O–H groups in total. The van der Waals surface area contributed by atoms with Gasteiger partial charge in [0.2, 0.25) is 0 Å². The van der Waals surface area contributed by atoms with Gasteiger partial charge in [-0.05, 0) is 42.8 Å². The average Bonchev–Trinajstić information content (AvgIpc) is 2.75. The number of rotatable bonds is 2. The smallest absolute Gasteiger partial charge is 0.475 e. The van der Waals surface area contributed by atoms with Gasteiger partial charge in [-0.25, -0.2) is 22.4 Å². The Hall–Kier alpha value is -4.15. The van der Waals surface area contributed by atoms with Crippen molar-refractivity contribution in [2.75, 3.05) is 0 Å². The Morgan fingerprint density at radius 3 is 2.00 bits per heavy atom. The predicted molar refractivity (Wildman–Crippen MR) is 113 cm³/mol. The number of nitrogens with zero attached hydrogens (tertiary/aromatic N) is 1. The van der Waals surface area contributed by atoms with Gasteiger partial charge in [0.05, 0.1) is 22.3 Å². The second-order valence-corrected chi connectivity index (χ2v) is 7.20. The molecule has 0 saturated heterocycles. The Balaban J connectivity index is 0.000000429. The van der Waals surface area contributed by atoms with E-state index in [0.717, 1.165) is 24.3 Å². The van der Waals surface area contributed by atoms with Gasteiger partial charge in [0, 0.05) is 23.9 Å². The first-order valence-electron chi connectivity index (χ1n) is 9.67. The average molecular weight is 497 g/mol. The van der Waals surface area contributed by atoms with Gasteiger partial charge in [-0.1, -0.05) is 12.1 Å². The topological polar surface area (TPSA) is 58.8 Å². The molecule has 0 saturated carbocycles. The molecule has 182 valence electrons. The number of carboxylic acid groups (broad SMARTS) is 1. The van der Waals surface area contributed by atoms with Crippen LogP contribution < -0.4 is 5.43 Å². The molecule has 0 aliphatic rings. The standard InChI is InChI=1S/C22H13F4NO.C2HF3O2/c1-12-5-8-18-21(20-15(24)3-2-4-16(20)25)19(28)9-10-27(18)22(12)14-7-6-13(23)11-17(14)26;3-2(4,5)1(6)7/h2-11H,1H3;(H,6,7). The molecular formula is C24H14F7NO3. The second-order valence-electron chi connectivity index (χ2n) is 7.20. The molecule has 35 heavy (non-hydrogen) atoms. The Morgan fingerprint density at radius 1 is 0.857 bits per heavy atom. The lowest BCUT2D eigenvalue weighted by molar-refractivity contribution is -0.192. The van der Waals surface area contributed by atoms with Crippen LogP contribution in [-0.2, 0) is 4.79 Å². The first-order valence-corrected chi connectivity index (χ1v) is 9.67. The highest BCUT2D eigenvalue weighted by Gasteiger charge is 2.38. The number of carboxylic acids is 1. The lowest BCUT2D eigenvalue weighted by Gasteiger charge is -2.16. The number of pyridine rings is 2. The first-order chi connectivity index (χ1) is 16.3. The monoisotopic (exact) mass is 497 g/mol. The molecule has 0 fully saturated rings. The maximum Gasteiger partial charge on any atom is 0.490 e. The number of hydrogen-bond donors (Lipinski definition) is 1. The van der Waals surface area contributed by atoms with E-state index in [2.05, 4.69) is 0 Å². The Kier molecular flexibility index (Phi) is 6.99. The van der Waals surface area contributed by atoms with Crippen molar-refractivity contribution in [3.63, 3.8) is 0 Å². The highest BCUT2D eigenvalue weighted by Crippen LogP contribution is 2.32. The molecule has 0 radical (unpaired) electrons. The van der Waals surface area contributed by atoms with Crippen molar-refractivity contribution >= 4 is 11.5 Å². The lowest BCUT2D eigenvalue weighted by Crippen LogP contribution is -2.21. The van der Waals surface area contributed by atoms with E-state index in [4.69, 9.17) is 9.90 Å². The van der Waals surface area contributed by atoms with Crippen LogP contribution in [0.4, 0.5) is 30.7 Å². The fourth-order valence-corrected chi connectivity index (χ4v) is 3.40. The molecule has 2 heterocycles. The van der Waals surface area contributed by atoms with E-state index in [-0.39, 0.29) is 16.6 Å². The van der Waals surface area contributed by atoms with Crippen LogP contribution >= 0.6 is 0 Å². The highest BCUT2D eigenvalue weighted by atomic mass is 19.4. The number of benzene rings is 2. The van der Waals surface area contributed by atoms with Crippen molar-refractivity contribution in [2.45, 2.75) is 13.1 Å². The summed E-state index contributed by atoms with van der Waals surface area (Å²) in [6.45, 7) is 1.72. The van der Waals surface area contributed by atoms with Gasteiger partial charge in [0.25, 0.3) is 0 Å². The number of carbonyl (C=O) groups is 1. The van der Waals surface area contributed by atoms with Gasteiger partial charge in [-0.3, -0.25) is 4.79 Å². The summed E-state index contributed by atoms with van der Waals surface area (Å²) < 4.78 is 89.7. The highest BCUT2D eigenvalue weighted by molar-refractivity contribution is 5.83. The van der Waals surface area contributed by atoms with Gasteiger partial charge in [0.15, 0.2) is 5.43 Å². The van der Waals surface area contributed by atoms with Gasteiger partial charge in [-0.15, -0.1) is 0 Å². The Bertz CT molecular complexity index is 1470. The molecule has 2 aromatic heterocycles. The molecule has 0 aliphatic heterocycles. The predicted octanol–water partition coefficient (Wildman–Crippen LogP) is 6.13. The molecular weight excluding hydrogens is 483 g/mol. The van der Waals surface area contributed by atoms with Crippen molar-refractivity contribution in [3.8, 4) is 22.4 Å². The largest absolute Gasteiger partial charge is 0.490 e. The Labute approximate surface area is 192 Å². The normalized spacial score (nSPS) is 11.2. The van der Waals surface area contributed by atoms with E-state index in [9.17, 15) is 35.5 Å². The van der Waals surface area contributed by atoms with Crippen LogP contribution in [0.15, 0.2) is 65.6 Å². The fraction of sp³-hybridized carbons (Fsp3) is 0.0833. The van der Waals surface area contributed by atoms with E-state index in [1.807, 2.05) is 0 Å². The first kappa shape index (κ1) is 25.5. The molecule has 0 bridgehead atoms. The van der Waals surface area contributed by atoms with Crippen LogP contribution in [0.25, 0.3) is 27.9 Å². The molecule has 0 atom stereocenters. The number of aliphatic carboxylic acids is 1. The zero-order chi connectivity index (χ0) is 26.1. The third-order valence-electron chi connectivity index (χ3n) is 4.88. The van der Waals surface area contributed by atoms with Crippen LogP contribution in [-0.4, -0.2) is 21.7 Å². The van der Waals surface area contributed by atoms with Crippen molar-refractivity contribution in [1.29, 1.82) is 0 Å². The SMILES string of the molecule is Cc1ccc2c(-c3c(F)cccc3F)c(=O)ccn2c1-c1ccc(F)cc1F.O=C(O)C(F)(F)F. The molecule has 4 nitrogen and oxygen atoms in total. The molecule has 2 aromatic carbocycles. The van der Waals surface area contributed by atoms with E-state index >= 15 is 0 Å². The van der Waals surface area contributed by atoms with Crippen LogP contribution in [0.3, 0.4) is 0 Å². The summed E-state index contributed by atoms with van der Waals surface area (Å²) in [4.78, 5) is 21.4. The summed E-state index contributed by atoms with van der Waals surface area (Å²) in [5, 5.41) is 7.12. The summed E-state index contributed by atoms with van der Waals surface area (Å²) >= 11 is 0. The van der Waals surface area contributed by atoms with Crippen LogP contribution in [0, 0.1) is 30.2 Å². The quantitative estimate of drug-likeness (QED) is 0.339. The minimum Gasteiger partial charge on any atom is -0.475 e. The van der Waals surface area contributed by atoms with Crippen molar-refractivity contribution in [1.82, 2.24) is 4.40 Å². The molecule has 0 amide bonds. The van der Waals surface area contributed by atoms with E-state index in [1.54, 1.807) is 19.1 Å². The maximum atomic E-state index is 14.4. The van der Waals surface area contributed by atoms with Gasteiger partial charge in [0.1, 0.15) is 23.3 Å².